The Morgan fingerprint density at radius 2 is 2.44 bits per heavy atom. The molecule has 3 N–H and O–H groups in total. The number of hydrogen-bond acceptors (Lipinski definition) is 6. The average molecular weight is 238 g/mol. The number of amides is 1. The van der Waals surface area contributed by atoms with Crippen molar-refractivity contribution in [3.05, 3.63) is 22.9 Å². The van der Waals surface area contributed by atoms with Crippen LogP contribution in [-0.4, -0.2) is 16.1 Å². The van der Waals surface area contributed by atoms with Gasteiger partial charge in [0, 0.05) is 0 Å². The molecule has 0 radical (unpaired) electrons. The smallest absolute Gasteiger partial charge is 0.258 e. The first-order valence-electron chi connectivity index (χ1n) is 4.57. The molecule has 0 fully saturated rings. The summed E-state index contributed by atoms with van der Waals surface area (Å²) in [6.45, 7) is 1.96. The van der Waals surface area contributed by atoms with Crippen molar-refractivity contribution in [1.82, 2.24) is 15.6 Å². The number of nitrogens with one attached hydrogen (secondary N) is 1. The summed E-state index contributed by atoms with van der Waals surface area (Å²) in [6.07, 6.45) is -0.00603. The maximum Gasteiger partial charge on any atom is 0.258 e. The number of carbonyl (C=O) groups is 1. The van der Waals surface area contributed by atoms with E-state index < -0.39 is 0 Å². The van der Waals surface area contributed by atoms with E-state index in [0.717, 1.165) is 10.4 Å². The van der Waals surface area contributed by atoms with E-state index in [1.54, 1.807) is 0 Å². The second-order valence-corrected chi connectivity index (χ2v) is 4.09. The first-order chi connectivity index (χ1) is 7.70. The highest BCUT2D eigenvalue weighted by atomic mass is 32.1. The molecule has 1 amide bonds. The van der Waals surface area contributed by atoms with Gasteiger partial charge < -0.3 is 4.42 Å². The Bertz CT molecular complexity index is 505. The number of nitrogens with zero attached hydrogens (tertiary/aromatic N) is 2. The number of hydrogen-bond donors (Lipinski definition) is 2. The van der Waals surface area contributed by atoms with Gasteiger partial charge in [0.15, 0.2) is 0 Å². The number of aryl methyl sites for hydroxylation is 1. The molecule has 0 atom stereocenters. The predicted octanol–water partition coefficient (Wildman–Crippen LogP) is 0.639. The van der Waals surface area contributed by atoms with Gasteiger partial charge in [0.2, 0.25) is 11.8 Å². The molecule has 0 aliphatic carbocycles. The van der Waals surface area contributed by atoms with Crippen LogP contribution in [0.2, 0.25) is 0 Å². The zero-order valence-corrected chi connectivity index (χ0v) is 9.37. The number of nitrogens with two attached hydrogens (primary N) is 1. The van der Waals surface area contributed by atoms with Crippen molar-refractivity contribution in [2.24, 2.45) is 5.84 Å². The predicted molar refractivity (Wildman–Crippen MR) is 58.4 cm³/mol. The standard InChI is InChI=1S/C9H10N4O2S/c1-5-2-3-16-8(5)9-13-12-7(15-9)4-6(14)11-10/h2-3H,4,10H2,1H3,(H,11,14). The van der Waals surface area contributed by atoms with E-state index >= 15 is 0 Å². The van der Waals surface area contributed by atoms with Crippen molar-refractivity contribution >= 4 is 17.2 Å². The van der Waals surface area contributed by atoms with Crippen molar-refractivity contribution in [2.75, 3.05) is 0 Å². The van der Waals surface area contributed by atoms with Crippen LogP contribution >= 0.6 is 11.3 Å². The number of aromatic nitrogens is 2. The molecule has 0 bridgehead atoms. The van der Waals surface area contributed by atoms with Crippen molar-refractivity contribution in [3.63, 3.8) is 0 Å². The van der Waals surface area contributed by atoms with Crippen LogP contribution in [0.5, 0.6) is 0 Å². The zero-order chi connectivity index (χ0) is 11.5. The van der Waals surface area contributed by atoms with Crippen LogP contribution in [0.1, 0.15) is 11.5 Å². The van der Waals surface area contributed by atoms with Crippen molar-refractivity contribution < 1.29 is 9.21 Å². The van der Waals surface area contributed by atoms with Crippen LogP contribution in [0.4, 0.5) is 0 Å². The summed E-state index contributed by atoms with van der Waals surface area (Å²) in [7, 11) is 0. The van der Waals surface area contributed by atoms with E-state index in [-0.39, 0.29) is 18.2 Å². The Labute approximate surface area is 95.4 Å². The highest BCUT2D eigenvalue weighted by Crippen LogP contribution is 2.27. The molecule has 0 saturated carbocycles. The Morgan fingerprint density at radius 3 is 3.06 bits per heavy atom. The van der Waals surface area contributed by atoms with Crippen molar-refractivity contribution in [3.8, 4) is 10.8 Å². The maximum absolute atomic E-state index is 11.0. The van der Waals surface area contributed by atoms with Crippen LogP contribution < -0.4 is 11.3 Å². The van der Waals surface area contributed by atoms with E-state index in [0.29, 0.717) is 5.89 Å². The highest BCUT2D eigenvalue weighted by molar-refractivity contribution is 7.13. The van der Waals surface area contributed by atoms with Gasteiger partial charge in [0.05, 0.1) is 4.88 Å². The van der Waals surface area contributed by atoms with Crippen LogP contribution in [0.15, 0.2) is 15.9 Å². The van der Waals surface area contributed by atoms with E-state index in [4.69, 9.17) is 10.3 Å². The third-order valence-corrected chi connectivity index (χ3v) is 3.00. The third kappa shape index (κ3) is 2.10. The summed E-state index contributed by atoms with van der Waals surface area (Å²) in [5, 5.41) is 9.60. The summed E-state index contributed by atoms with van der Waals surface area (Å²) in [5.74, 6) is 5.29. The number of carbonyl (C=O) groups excluding carboxylic acids is 1. The fourth-order valence-corrected chi connectivity index (χ4v) is 2.04. The van der Waals surface area contributed by atoms with Gasteiger partial charge in [-0.2, -0.15) is 0 Å². The van der Waals surface area contributed by atoms with Crippen molar-refractivity contribution in [1.29, 1.82) is 0 Å². The molecule has 16 heavy (non-hydrogen) atoms. The van der Waals surface area contributed by atoms with Gasteiger partial charge in [0.25, 0.3) is 5.89 Å². The topological polar surface area (TPSA) is 94.0 Å². The molecule has 0 aliphatic rings. The molecule has 0 saturated heterocycles. The minimum absolute atomic E-state index is 0.00603. The van der Waals surface area contributed by atoms with Crippen LogP contribution in [0.25, 0.3) is 10.8 Å². The molecule has 0 aliphatic heterocycles. The minimum Gasteiger partial charge on any atom is -0.419 e. The molecule has 0 unspecified atom stereocenters. The van der Waals surface area contributed by atoms with Gasteiger partial charge in [-0.05, 0) is 23.9 Å². The van der Waals surface area contributed by atoms with Gasteiger partial charge in [0.1, 0.15) is 6.42 Å². The first kappa shape index (κ1) is 10.8. The number of thiophene rings is 1. The molecule has 2 aromatic rings. The highest BCUT2D eigenvalue weighted by Gasteiger charge is 2.13. The third-order valence-electron chi connectivity index (χ3n) is 2.00. The van der Waals surface area contributed by atoms with Gasteiger partial charge in [-0.3, -0.25) is 10.2 Å². The summed E-state index contributed by atoms with van der Waals surface area (Å²) in [5.41, 5.74) is 3.08. The molecule has 2 aromatic heterocycles. The fraction of sp³-hybridized carbons (Fsp3) is 0.222. The lowest BCUT2D eigenvalue weighted by molar-refractivity contribution is -0.120. The molecule has 2 heterocycles. The van der Waals surface area contributed by atoms with Gasteiger partial charge in [-0.25, -0.2) is 5.84 Å². The monoisotopic (exact) mass is 238 g/mol. The normalized spacial score (nSPS) is 10.4. The maximum atomic E-state index is 11.0. The molecule has 7 heteroatoms. The average Bonchev–Trinajstić information content (AvgIpc) is 2.86. The fourth-order valence-electron chi connectivity index (χ4n) is 1.20. The summed E-state index contributed by atoms with van der Waals surface area (Å²) >= 11 is 1.52. The lowest BCUT2D eigenvalue weighted by atomic mass is 10.3. The van der Waals surface area contributed by atoms with Gasteiger partial charge in [-0.1, -0.05) is 0 Å². The van der Waals surface area contributed by atoms with E-state index in [2.05, 4.69) is 10.2 Å². The molecule has 84 valence electrons. The Balaban J connectivity index is 2.20. The number of hydrazine groups is 1. The molecule has 2 rings (SSSR count). The Kier molecular flexibility index (Phi) is 2.97. The summed E-state index contributed by atoms with van der Waals surface area (Å²) in [4.78, 5) is 11.9. The van der Waals surface area contributed by atoms with E-state index in [9.17, 15) is 4.79 Å². The minimum atomic E-state index is -0.363. The zero-order valence-electron chi connectivity index (χ0n) is 8.56. The summed E-state index contributed by atoms with van der Waals surface area (Å²) in [6, 6.07) is 1.97. The van der Waals surface area contributed by atoms with Gasteiger partial charge >= 0.3 is 0 Å². The van der Waals surface area contributed by atoms with E-state index in [1.807, 2.05) is 23.8 Å². The SMILES string of the molecule is Cc1ccsc1-c1nnc(CC(=O)NN)o1. The Hall–Kier alpha value is -1.73. The second kappa shape index (κ2) is 4.42. The quantitative estimate of drug-likeness (QED) is 0.465. The molecule has 0 spiro atoms. The molecule has 6 nitrogen and oxygen atoms in total. The van der Waals surface area contributed by atoms with Crippen molar-refractivity contribution in [2.45, 2.75) is 13.3 Å². The second-order valence-electron chi connectivity index (χ2n) is 3.18. The van der Waals surface area contributed by atoms with Crippen LogP contribution in [0.3, 0.4) is 0 Å². The molecule has 0 aromatic carbocycles. The number of rotatable bonds is 3. The largest absolute Gasteiger partial charge is 0.419 e. The lowest BCUT2D eigenvalue weighted by Gasteiger charge is -1.93. The Morgan fingerprint density at radius 1 is 1.62 bits per heavy atom. The molecular weight excluding hydrogens is 228 g/mol. The lowest BCUT2D eigenvalue weighted by Crippen LogP contribution is -2.31. The van der Waals surface area contributed by atoms with Crippen LogP contribution in [-0.2, 0) is 11.2 Å². The first-order valence-corrected chi connectivity index (χ1v) is 5.45. The molecular formula is C9H10N4O2S. The van der Waals surface area contributed by atoms with Crippen LogP contribution in [0, 0.1) is 6.92 Å². The van der Waals surface area contributed by atoms with E-state index in [1.165, 1.54) is 11.3 Å². The summed E-state index contributed by atoms with van der Waals surface area (Å²) < 4.78 is 5.35. The van der Waals surface area contributed by atoms with Gasteiger partial charge in [-0.15, -0.1) is 21.5 Å².